The van der Waals surface area contributed by atoms with Gasteiger partial charge in [-0.15, -0.1) is 0 Å². The van der Waals surface area contributed by atoms with E-state index in [4.69, 9.17) is 16.3 Å². The summed E-state index contributed by atoms with van der Waals surface area (Å²) in [5.74, 6) is -0.287. The highest BCUT2D eigenvalue weighted by Crippen LogP contribution is 2.27. The van der Waals surface area contributed by atoms with Crippen LogP contribution in [0.4, 0.5) is 5.13 Å². The van der Waals surface area contributed by atoms with E-state index < -0.39 is 0 Å². The molecule has 2 aromatic rings. The molecule has 0 aliphatic heterocycles. The average molecular weight is 271 g/mol. The maximum Gasteiger partial charge on any atom is 0.325 e. The number of thiazole rings is 1. The average Bonchev–Trinajstić information content (AvgIpc) is 2.68. The molecule has 0 radical (unpaired) electrons. The van der Waals surface area contributed by atoms with E-state index in [-0.39, 0.29) is 12.5 Å². The van der Waals surface area contributed by atoms with E-state index in [0.29, 0.717) is 16.8 Å². The van der Waals surface area contributed by atoms with Crippen molar-refractivity contribution in [3.8, 4) is 0 Å². The number of carbonyl (C=O) groups excluding carboxylic acids is 1. The van der Waals surface area contributed by atoms with Crippen molar-refractivity contribution >= 4 is 44.3 Å². The highest BCUT2D eigenvalue weighted by molar-refractivity contribution is 7.22. The summed E-state index contributed by atoms with van der Waals surface area (Å²) in [7, 11) is 0. The number of nitrogens with zero attached hydrogens (tertiary/aromatic N) is 1. The van der Waals surface area contributed by atoms with Crippen LogP contribution >= 0.6 is 22.9 Å². The zero-order chi connectivity index (χ0) is 12.3. The number of hydrogen-bond donors (Lipinski definition) is 1. The second-order valence-corrected chi connectivity index (χ2v) is 4.76. The third kappa shape index (κ3) is 3.08. The topological polar surface area (TPSA) is 51.2 Å². The molecule has 0 aliphatic rings. The van der Waals surface area contributed by atoms with E-state index in [1.807, 2.05) is 12.1 Å². The lowest BCUT2D eigenvalue weighted by Crippen LogP contribution is -2.16. The van der Waals surface area contributed by atoms with E-state index >= 15 is 0 Å². The minimum atomic E-state index is -0.287. The van der Waals surface area contributed by atoms with Gasteiger partial charge in [0.1, 0.15) is 6.54 Å². The SMILES string of the molecule is CCOC(=O)CNc1nc2ccc(Cl)cc2s1. The van der Waals surface area contributed by atoms with Crippen LogP contribution in [-0.4, -0.2) is 24.1 Å². The fourth-order valence-electron chi connectivity index (χ4n) is 1.33. The predicted molar refractivity (Wildman–Crippen MR) is 69.8 cm³/mol. The fourth-order valence-corrected chi connectivity index (χ4v) is 2.47. The smallest absolute Gasteiger partial charge is 0.325 e. The molecule has 1 aromatic carbocycles. The zero-order valence-corrected chi connectivity index (χ0v) is 10.8. The van der Waals surface area contributed by atoms with Gasteiger partial charge in [0, 0.05) is 5.02 Å². The van der Waals surface area contributed by atoms with Crippen molar-refractivity contribution in [2.45, 2.75) is 6.92 Å². The molecular formula is C11H11ClN2O2S. The van der Waals surface area contributed by atoms with Crippen molar-refractivity contribution in [1.29, 1.82) is 0 Å². The molecule has 0 fully saturated rings. The second kappa shape index (κ2) is 5.33. The lowest BCUT2D eigenvalue weighted by atomic mass is 10.3. The van der Waals surface area contributed by atoms with Crippen LogP contribution < -0.4 is 5.32 Å². The van der Waals surface area contributed by atoms with Gasteiger partial charge in [0.2, 0.25) is 0 Å². The number of nitrogens with one attached hydrogen (secondary N) is 1. The number of fused-ring (bicyclic) bond motifs is 1. The van der Waals surface area contributed by atoms with Crippen LogP contribution in [0.3, 0.4) is 0 Å². The lowest BCUT2D eigenvalue weighted by molar-refractivity contribution is -0.140. The molecule has 0 spiro atoms. The largest absolute Gasteiger partial charge is 0.465 e. The van der Waals surface area contributed by atoms with Crippen molar-refractivity contribution in [2.75, 3.05) is 18.5 Å². The molecule has 0 saturated heterocycles. The van der Waals surface area contributed by atoms with Crippen LogP contribution in [0, 0.1) is 0 Å². The van der Waals surface area contributed by atoms with Gasteiger partial charge in [0.05, 0.1) is 16.8 Å². The van der Waals surface area contributed by atoms with Crippen molar-refractivity contribution in [3.63, 3.8) is 0 Å². The van der Waals surface area contributed by atoms with Crippen molar-refractivity contribution < 1.29 is 9.53 Å². The number of carbonyl (C=O) groups is 1. The van der Waals surface area contributed by atoms with Crippen molar-refractivity contribution in [2.24, 2.45) is 0 Å². The van der Waals surface area contributed by atoms with Gasteiger partial charge >= 0.3 is 5.97 Å². The van der Waals surface area contributed by atoms with Gasteiger partial charge in [-0.2, -0.15) is 0 Å². The first-order chi connectivity index (χ1) is 8.19. The highest BCUT2D eigenvalue weighted by Gasteiger charge is 2.06. The Kier molecular flexibility index (Phi) is 3.81. The molecule has 0 saturated carbocycles. The zero-order valence-electron chi connectivity index (χ0n) is 9.20. The molecule has 0 unspecified atom stereocenters. The van der Waals surface area contributed by atoms with Gasteiger partial charge in [-0.3, -0.25) is 4.79 Å². The molecule has 0 aliphatic carbocycles. The maximum atomic E-state index is 11.2. The fraction of sp³-hybridized carbons (Fsp3) is 0.273. The number of ether oxygens (including phenoxy) is 1. The van der Waals surface area contributed by atoms with Crippen LogP contribution in [0.1, 0.15) is 6.92 Å². The molecule has 0 amide bonds. The standard InChI is InChI=1S/C11H11ClN2O2S/c1-2-16-10(15)6-13-11-14-8-4-3-7(12)5-9(8)17-11/h3-5H,2,6H2,1H3,(H,13,14). The number of halogens is 1. The summed E-state index contributed by atoms with van der Waals surface area (Å²) in [6.07, 6.45) is 0. The Hall–Kier alpha value is -1.33. The normalized spacial score (nSPS) is 10.5. The molecule has 0 bridgehead atoms. The quantitative estimate of drug-likeness (QED) is 0.868. The minimum absolute atomic E-state index is 0.126. The van der Waals surface area contributed by atoms with E-state index in [1.54, 1.807) is 13.0 Å². The predicted octanol–water partition coefficient (Wildman–Crippen LogP) is 2.92. The lowest BCUT2D eigenvalue weighted by Gasteiger charge is -2.01. The Morgan fingerprint density at radius 2 is 2.41 bits per heavy atom. The summed E-state index contributed by atoms with van der Waals surface area (Å²) in [6.45, 7) is 2.29. The summed E-state index contributed by atoms with van der Waals surface area (Å²) < 4.78 is 5.80. The number of benzene rings is 1. The second-order valence-electron chi connectivity index (χ2n) is 3.29. The Morgan fingerprint density at radius 1 is 1.59 bits per heavy atom. The monoisotopic (exact) mass is 270 g/mol. The van der Waals surface area contributed by atoms with E-state index in [0.717, 1.165) is 10.2 Å². The van der Waals surface area contributed by atoms with Crippen LogP contribution in [0.15, 0.2) is 18.2 Å². The third-order valence-corrected chi connectivity index (χ3v) is 3.25. The maximum absolute atomic E-state index is 11.2. The number of anilines is 1. The molecule has 2 rings (SSSR count). The molecule has 6 heteroatoms. The summed E-state index contributed by atoms with van der Waals surface area (Å²) in [4.78, 5) is 15.5. The Balaban J connectivity index is 2.07. The van der Waals surface area contributed by atoms with E-state index in [1.165, 1.54) is 11.3 Å². The van der Waals surface area contributed by atoms with Crippen LogP contribution in [0.2, 0.25) is 5.02 Å². The highest BCUT2D eigenvalue weighted by atomic mass is 35.5. The van der Waals surface area contributed by atoms with Crippen LogP contribution in [0.5, 0.6) is 0 Å². The molecule has 1 aromatic heterocycles. The summed E-state index contributed by atoms with van der Waals surface area (Å²) >= 11 is 7.34. The van der Waals surface area contributed by atoms with Crippen LogP contribution in [0.25, 0.3) is 10.2 Å². The Labute approximate surface area is 108 Å². The molecule has 90 valence electrons. The molecule has 0 atom stereocenters. The van der Waals surface area contributed by atoms with Gasteiger partial charge in [0.15, 0.2) is 5.13 Å². The number of esters is 1. The summed E-state index contributed by atoms with van der Waals surface area (Å²) in [5.41, 5.74) is 0.866. The Morgan fingerprint density at radius 3 is 3.18 bits per heavy atom. The first-order valence-electron chi connectivity index (χ1n) is 5.14. The number of aromatic nitrogens is 1. The Bertz CT molecular complexity index is 541. The van der Waals surface area contributed by atoms with Gasteiger partial charge in [-0.25, -0.2) is 4.98 Å². The number of rotatable bonds is 4. The first-order valence-corrected chi connectivity index (χ1v) is 6.34. The molecule has 4 nitrogen and oxygen atoms in total. The van der Waals surface area contributed by atoms with Crippen molar-refractivity contribution in [3.05, 3.63) is 23.2 Å². The van der Waals surface area contributed by atoms with Gasteiger partial charge in [-0.05, 0) is 25.1 Å². The van der Waals surface area contributed by atoms with Crippen LogP contribution in [-0.2, 0) is 9.53 Å². The van der Waals surface area contributed by atoms with Crippen molar-refractivity contribution in [1.82, 2.24) is 4.98 Å². The summed E-state index contributed by atoms with van der Waals surface area (Å²) in [6, 6.07) is 5.49. The molecular weight excluding hydrogens is 260 g/mol. The third-order valence-electron chi connectivity index (χ3n) is 2.04. The van der Waals surface area contributed by atoms with Gasteiger partial charge < -0.3 is 10.1 Å². The first kappa shape index (κ1) is 12.1. The van der Waals surface area contributed by atoms with Gasteiger partial charge in [-0.1, -0.05) is 22.9 Å². The van der Waals surface area contributed by atoms with Gasteiger partial charge in [0.25, 0.3) is 0 Å². The van der Waals surface area contributed by atoms with E-state index in [9.17, 15) is 4.79 Å². The molecule has 1 N–H and O–H groups in total. The molecule has 17 heavy (non-hydrogen) atoms. The van der Waals surface area contributed by atoms with E-state index in [2.05, 4.69) is 10.3 Å². The summed E-state index contributed by atoms with van der Waals surface area (Å²) in [5, 5.41) is 4.30. The minimum Gasteiger partial charge on any atom is -0.465 e. The number of hydrogen-bond acceptors (Lipinski definition) is 5. The molecule has 1 heterocycles.